The van der Waals surface area contributed by atoms with E-state index in [1.807, 2.05) is 6.07 Å². The molecule has 0 spiro atoms. The first-order valence-electron chi connectivity index (χ1n) is 5.46. The van der Waals surface area contributed by atoms with Crippen molar-refractivity contribution in [3.8, 4) is 0 Å². The molecule has 0 unspecified atom stereocenters. The maximum Gasteiger partial charge on any atom is 0.241 e. The molecule has 102 valence electrons. The van der Waals surface area contributed by atoms with Crippen molar-refractivity contribution in [2.75, 3.05) is 6.54 Å². The number of hydrogen-bond acceptors (Lipinski definition) is 3. The molecule has 7 heteroatoms. The lowest BCUT2D eigenvalue weighted by Crippen LogP contribution is -2.26. The number of furan rings is 1. The Morgan fingerprint density at radius 1 is 1.21 bits per heavy atom. The van der Waals surface area contributed by atoms with Crippen molar-refractivity contribution in [2.45, 2.75) is 11.3 Å². The average Bonchev–Trinajstić information content (AvgIpc) is 2.85. The first-order chi connectivity index (χ1) is 8.99. The Morgan fingerprint density at radius 2 is 2.00 bits per heavy atom. The molecule has 2 rings (SSSR count). The van der Waals surface area contributed by atoms with Crippen molar-refractivity contribution < 1.29 is 12.8 Å². The Kier molecular flexibility index (Phi) is 4.83. The molecule has 4 nitrogen and oxygen atoms in total. The summed E-state index contributed by atoms with van der Waals surface area (Å²) in [7, 11) is -3.54. The number of benzene rings is 1. The zero-order valence-corrected chi connectivity index (χ0v) is 13.8. The quantitative estimate of drug-likeness (QED) is 0.825. The van der Waals surface area contributed by atoms with E-state index in [-0.39, 0.29) is 11.4 Å². The first-order valence-corrected chi connectivity index (χ1v) is 8.53. The van der Waals surface area contributed by atoms with Gasteiger partial charge in [-0.25, -0.2) is 13.1 Å². The number of rotatable bonds is 5. The molecule has 2 aromatic rings. The molecule has 1 aromatic heterocycles. The van der Waals surface area contributed by atoms with Crippen LogP contribution in [0.4, 0.5) is 0 Å². The minimum atomic E-state index is -3.54. The van der Waals surface area contributed by atoms with Crippen molar-refractivity contribution in [3.63, 3.8) is 0 Å². The van der Waals surface area contributed by atoms with Gasteiger partial charge in [-0.05, 0) is 46.3 Å². The summed E-state index contributed by atoms with van der Waals surface area (Å²) < 4.78 is 33.2. The fraction of sp³-hybridized carbons (Fsp3) is 0.167. The summed E-state index contributed by atoms with van der Waals surface area (Å²) in [6.07, 6.45) is 2.08. The monoisotopic (exact) mass is 407 g/mol. The topological polar surface area (TPSA) is 59.3 Å². The molecule has 0 bridgehead atoms. The maximum atomic E-state index is 12.1. The predicted molar refractivity (Wildman–Crippen MR) is 79.4 cm³/mol. The van der Waals surface area contributed by atoms with E-state index in [9.17, 15) is 8.42 Å². The predicted octanol–water partition coefficient (Wildman–Crippen LogP) is 3.33. The van der Waals surface area contributed by atoms with Crippen LogP contribution < -0.4 is 4.72 Å². The molecule has 0 aliphatic heterocycles. The van der Waals surface area contributed by atoms with Gasteiger partial charge in [0, 0.05) is 21.9 Å². The smallest absolute Gasteiger partial charge is 0.241 e. The molecule has 1 N–H and O–H groups in total. The van der Waals surface area contributed by atoms with Crippen LogP contribution >= 0.6 is 31.9 Å². The van der Waals surface area contributed by atoms with Crippen LogP contribution in [0.2, 0.25) is 0 Å². The number of nitrogens with one attached hydrogen (secondary N) is 1. The highest BCUT2D eigenvalue weighted by molar-refractivity contribution is 9.11. The highest BCUT2D eigenvalue weighted by Crippen LogP contribution is 2.25. The van der Waals surface area contributed by atoms with Gasteiger partial charge in [0.15, 0.2) is 0 Å². The van der Waals surface area contributed by atoms with E-state index in [1.54, 1.807) is 30.5 Å². The lowest BCUT2D eigenvalue weighted by atomic mass is 10.3. The zero-order valence-electron chi connectivity index (χ0n) is 9.77. The van der Waals surface area contributed by atoms with E-state index in [0.717, 1.165) is 5.76 Å². The maximum absolute atomic E-state index is 12.1. The number of halogens is 2. The van der Waals surface area contributed by atoms with Gasteiger partial charge >= 0.3 is 0 Å². The normalized spacial score (nSPS) is 11.7. The largest absolute Gasteiger partial charge is 0.469 e. The summed E-state index contributed by atoms with van der Waals surface area (Å²) in [5.41, 5.74) is 0. The van der Waals surface area contributed by atoms with Crippen molar-refractivity contribution in [1.82, 2.24) is 4.72 Å². The minimum Gasteiger partial charge on any atom is -0.469 e. The Bertz CT molecular complexity index is 654. The van der Waals surface area contributed by atoms with Gasteiger partial charge in [-0.1, -0.05) is 15.9 Å². The third-order valence-electron chi connectivity index (χ3n) is 2.43. The Labute approximate surface area is 128 Å². The van der Waals surface area contributed by atoms with Crippen molar-refractivity contribution in [3.05, 3.63) is 51.3 Å². The van der Waals surface area contributed by atoms with E-state index in [4.69, 9.17) is 4.42 Å². The summed E-state index contributed by atoms with van der Waals surface area (Å²) in [5, 5.41) is 0. The molecule has 0 saturated carbocycles. The second kappa shape index (κ2) is 6.21. The lowest BCUT2D eigenvalue weighted by molar-refractivity contribution is 0.506. The third-order valence-corrected chi connectivity index (χ3v) is 5.37. The van der Waals surface area contributed by atoms with Gasteiger partial charge in [0.25, 0.3) is 0 Å². The molecule has 0 fully saturated rings. The van der Waals surface area contributed by atoms with Gasteiger partial charge in [0.1, 0.15) is 5.76 Å². The highest BCUT2D eigenvalue weighted by atomic mass is 79.9. The molecule has 0 aliphatic rings. The van der Waals surface area contributed by atoms with Crippen molar-refractivity contribution in [1.29, 1.82) is 0 Å². The fourth-order valence-electron chi connectivity index (χ4n) is 1.52. The SMILES string of the molecule is O=S(=O)(NCCc1ccco1)c1cc(Br)ccc1Br. The average molecular weight is 409 g/mol. The Hall–Kier alpha value is -0.630. The van der Waals surface area contributed by atoms with Crippen molar-refractivity contribution >= 4 is 41.9 Å². The van der Waals surface area contributed by atoms with E-state index >= 15 is 0 Å². The van der Waals surface area contributed by atoms with Crippen LogP contribution in [0.5, 0.6) is 0 Å². The van der Waals surface area contributed by atoms with E-state index in [0.29, 0.717) is 15.4 Å². The van der Waals surface area contributed by atoms with Gasteiger partial charge in [-0.2, -0.15) is 0 Å². The molecule has 0 radical (unpaired) electrons. The van der Waals surface area contributed by atoms with E-state index < -0.39 is 10.0 Å². The first kappa shape index (κ1) is 14.8. The Morgan fingerprint density at radius 3 is 2.68 bits per heavy atom. The van der Waals surface area contributed by atoms with Gasteiger partial charge in [-0.3, -0.25) is 0 Å². The molecular formula is C12H11Br2NO3S. The van der Waals surface area contributed by atoms with Gasteiger partial charge in [0.05, 0.1) is 11.2 Å². The molecule has 1 heterocycles. The van der Waals surface area contributed by atoms with Gasteiger partial charge < -0.3 is 4.42 Å². The van der Waals surface area contributed by atoms with Gasteiger partial charge in [-0.15, -0.1) is 0 Å². The molecule has 0 amide bonds. The molecule has 1 aromatic carbocycles. The standard InChI is InChI=1S/C12H11Br2NO3S/c13-9-3-4-11(14)12(8-9)19(16,17)15-6-5-10-2-1-7-18-10/h1-4,7-8,15H,5-6H2. The highest BCUT2D eigenvalue weighted by Gasteiger charge is 2.17. The van der Waals surface area contributed by atoms with Crippen LogP contribution in [0, 0.1) is 0 Å². The molecule has 0 aliphatic carbocycles. The van der Waals surface area contributed by atoms with Crippen LogP contribution in [0.3, 0.4) is 0 Å². The van der Waals surface area contributed by atoms with E-state index in [1.165, 1.54) is 0 Å². The molecule has 0 atom stereocenters. The number of sulfonamides is 1. The zero-order chi connectivity index (χ0) is 13.9. The summed E-state index contributed by atoms with van der Waals surface area (Å²) in [6, 6.07) is 8.59. The minimum absolute atomic E-state index is 0.210. The van der Waals surface area contributed by atoms with Crippen LogP contribution in [-0.2, 0) is 16.4 Å². The summed E-state index contributed by atoms with van der Waals surface area (Å²) in [6.45, 7) is 0.287. The van der Waals surface area contributed by atoms with Crippen LogP contribution in [0.25, 0.3) is 0 Å². The molecule has 0 saturated heterocycles. The summed E-state index contributed by atoms with van der Waals surface area (Å²) in [5.74, 6) is 0.746. The fourth-order valence-corrected chi connectivity index (χ4v) is 4.06. The third kappa shape index (κ3) is 3.92. The van der Waals surface area contributed by atoms with Crippen molar-refractivity contribution in [2.24, 2.45) is 0 Å². The molecule has 19 heavy (non-hydrogen) atoms. The van der Waals surface area contributed by atoms with E-state index in [2.05, 4.69) is 36.6 Å². The second-order valence-corrected chi connectivity index (χ2v) is 7.31. The second-order valence-electron chi connectivity index (χ2n) is 3.80. The Balaban J connectivity index is 2.07. The van der Waals surface area contributed by atoms with Gasteiger partial charge in [0.2, 0.25) is 10.0 Å². The summed E-state index contributed by atoms with van der Waals surface area (Å²) in [4.78, 5) is 0.210. The lowest BCUT2D eigenvalue weighted by Gasteiger charge is -2.08. The summed E-state index contributed by atoms with van der Waals surface area (Å²) >= 11 is 6.50. The number of hydrogen-bond donors (Lipinski definition) is 1. The van der Waals surface area contributed by atoms with Crippen LogP contribution in [0.1, 0.15) is 5.76 Å². The van der Waals surface area contributed by atoms with Crippen LogP contribution in [0.15, 0.2) is 54.9 Å². The van der Waals surface area contributed by atoms with Crippen LogP contribution in [-0.4, -0.2) is 15.0 Å². The molecular weight excluding hydrogens is 398 g/mol.